The highest BCUT2D eigenvalue weighted by atomic mass is 16.5. The number of nitrogens with one attached hydrogen (secondary N) is 2. The molecule has 0 aromatic heterocycles. The molecule has 1 aliphatic rings. The number of hydrogen-bond donors (Lipinski definition) is 2. The number of carbonyl (C=O) groups excluding carboxylic acids is 2. The van der Waals surface area contributed by atoms with E-state index in [2.05, 4.69) is 17.6 Å². The highest BCUT2D eigenvalue weighted by Gasteiger charge is 2.22. The summed E-state index contributed by atoms with van der Waals surface area (Å²) < 4.78 is 11.0. The van der Waals surface area contributed by atoms with E-state index in [0.29, 0.717) is 42.4 Å². The third-order valence-corrected chi connectivity index (χ3v) is 4.55. The van der Waals surface area contributed by atoms with Gasteiger partial charge < -0.3 is 20.1 Å². The standard InChI is InChI=1S/C19H28N2O4/c1-13-8-9-20-12-16(13)21-19(23)5-4-10-25-17-7-6-15(14(2)22)11-18(17)24-3/h6-7,11,13,16,20H,4-5,8-10,12H2,1-3H3,(H,21,23). The first-order chi connectivity index (χ1) is 12.0. The van der Waals surface area contributed by atoms with E-state index in [-0.39, 0.29) is 17.7 Å². The van der Waals surface area contributed by atoms with Gasteiger partial charge in [-0.1, -0.05) is 6.92 Å². The first-order valence-electron chi connectivity index (χ1n) is 8.83. The molecule has 25 heavy (non-hydrogen) atoms. The van der Waals surface area contributed by atoms with Crippen molar-refractivity contribution in [1.29, 1.82) is 0 Å². The lowest BCUT2D eigenvalue weighted by atomic mass is 9.95. The van der Waals surface area contributed by atoms with E-state index in [1.807, 2.05) is 0 Å². The van der Waals surface area contributed by atoms with Crippen molar-refractivity contribution in [3.63, 3.8) is 0 Å². The molecule has 6 nitrogen and oxygen atoms in total. The van der Waals surface area contributed by atoms with Crippen molar-refractivity contribution < 1.29 is 19.1 Å². The van der Waals surface area contributed by atoms with Crippen molar-refractivity contribution >= 4 is 11.7 Å². The van der Waals surface area contributed by atoms with Gasteiger partial charge in [-0.15, -0.1) is 0 Å². The first-order valence-corrected chi connectivity index (χ1v) is 8.83. The fourth-order valence-electron chi connectivity index (χ4n) is 2.88. The minimum atomic E-state index is -0.0204. The monoisotopic (exact) mass is 348 g/mol. The Kier molecular flexibility index (Phi) is 7.25. The molecule has 0 radical (unpaired) electrons. The number of ether oxygens (including phenoxy) is 2. The summed E-state index contributed by atoms with van der Waals surface area (Å²) in [6.07, 6.45) is 2.14. The van der Waals surface area contributed by atoms with Crippen LogP contribution in [0.25, 0.3) is 0 Å². The second-order valence-electron chi connectivity index (χ2n) is 6.52. The summed E-state index contributed by atoms with van der Waals surface area (Å²) in [4.78, 5) is 23.5. The molecule has 2 rings (SSSR count). The zero-order chi connectivity index (χ0) is 18.2. The number of methoxy groups -OCH3 is 1. The van der Waals surface area contributed by atoms with Crippen LogP contribution in [-0.4, -0.2) is 44.5 Å². The van der Waals surface area contributed by atoms with Gasteiger partial charge in [-0.3, -0.25) is 9.59 Å². The molecule has 1 saturated heterocycles. The maximum Gasteiger partial charge on any atom is 0.220 e. The predicted octanol–water partition coefficient (Wildman–Crippen LogP) is 2.17. The molecule has 0 saturated carbocycles. The summed E-state index contributed by atoms with van der Waals surface area (Å²) in [7, 11) is 1.54. The molecular formula is C19H28N2O4. The minimum absolute atomic E-state index is 0.0204. The molecule has 6 heteroatoms. The number of amides is 1. The second kappa shape index (κ2) is 9.42. The van der Waals surface area contributed by atoms with E-state index in [4.69, 9.17) is 9.47 Å². The van der Waals surface area contributed by atoms with Crippen LogP contribution in [0.3, 0.4) is 0 Å². The summed E-state index contributed by atoms with van der Waals surface area (Å²) in [6, 6.07) is 5.32. The average molecular weight is 348 g/mol. The van der Waals surface area contributed by atoms with Crippen molar-refractivity contribution in [2.24, 2.45) is 5.92 Å². The van der Waals surface area contributed by atoms with E-state index in [0.717, 1.165) is 19.5 Å². The molecule has 2 atom stereocenters. The van der Waals surface area contributed by atoms with Crippen molar-refractivity contribution in [3.05, 3.63) is 23.8 Å². The van der Waals surface area contributed by atoms with Crippen LogP contribution >= 0.6 is 0 Å². The van der Waals surface area contributed by atoms with Gasteiger partial charge >= 0.3 is 0 Å². The van der Waals surface area contributed by atoms with Crippen LogP contribution in [0.1, 0.15) is 43.5 Å². The van der Waals surface area contributed by atoms with Gasteiger partial charge in [-0.2, -0.15) is 0 Å². The Bertz CT molecular complexity index is 603. The number of rotatable bonds is 8. The van der Waals surface area contributed by atoms with Gasteiger partial charge in [-0.25, -0.2) is 0 Å². The molecule has 0 aliphatic carbocycles. The zero-order valence-electron chi connectivity index (χ0n) is 15.3. The summed E-state index contributed by atoms with van der Waals surface area (Å²) in [5.41, 5.74) is 0.582. The number of piperidine rings is 1. The van der Waals surface area contributed by atoms with Gasteiger partial charge in [0.25, 0.3) is 0 Å². The number of Topliss-reactive ketones (excluding diaryl/α,β-unsaturated/α-hetero) is 1. The van der Waals surface area contributed by atoms with Crippen LogP contribution in [0.4, 0.5) is 0 Å². The van der Waals surface area contributed by atoms with Crippen LogP contribution in [-0.2, 0) is 4.79 Å². The topological polar surface area (TPSA) is 76.7 Å². The molecule has 0 bridgehead atoms. The molecule has 1 heterocycles. The van der Waals surface area contributed by atoms with Gasteiger partial charge in [0.05, 0.1) is 13.7 Å². The lowest BCUT2D eigenvalue weighted by Gasteiger charge is -2.30. The zero-order valence-corrected chi connectivity index (χ0v) is 15.3. The normalized spacial score (nSPS) is 20.0. The lowest BCUT2D eigenvalue weighted by Crippen LogP contribution is -2.50. The molecule has 1 aromatic rings. The average Bonchev–Trinajstić information content (AvgIpc) is 2.60. The second-order valence-corrected chi connectivity index (χ2v) is 6.52. The summed E-state index contributed by atoms with van der Waals surface area (Å²) in [5.74, 6) is 1.65. The summed E-state index contributed by atoms with van der Waals surface area (Å²) in [6.45, 7) is 5.96. The fourth-order valence-corrected chi connectivity index (χ4v) is 2.88. The smallest absolute Gasteiger partial charge is 0.220 e. The largest absolute Gasteiger partial charge is 0.493 e. The van der Waals surface area contributed by atoms with Crippen LogP contribution < -0.4 is 20.1 Å². The Morgan fingerprint density at radius 3 is 2.80 bits per heavy atom. The SMILES string of the molecule is COc1cc(C(C)=O)ccc1OCCCC(=O)NC1CNCCC1C. The molecule has 1 fully saturated rings. The number of hydrogen-bond acceptors (Lipinski definition) is 5. The molecule has 2 N–H and O–H groups in total. The van der Waals surface area contributed by atoms with Crippen molar-refractivity contribution in [1.82, 2.24) is 10.6 Å². The Morgan fingerprint density at radius 1 is 1.32 bits per heavy atom. The predicted molar refractivity (Wildman–Crippen MR) is 96.3 cm³/mol. The molecule has 2 unspecified atom stereocenters. The highest BCUT2D eigenvalue weighted by Crippen LogP contribution is 2.28. The molecule has 138 valence electrons. The Balaban J connectivity index is 1.75. The molecule has 0 spiro atoms. The van der Waals surface area contributed by atoms with Gasteiger partial charge in [0.15, 0.2) is 17.3 Å². The first kappa shape index (κ1) is 19.2. The van der Waals surface area contributed by atoms with Crippen molar-refractivity contribution in [2.75, 3.05) is 26.8 Å². The van der Waals surface area contributed by atoms with Gasteiger partial charge in [-0.05, 0) is 50.4 Å². The van der Waals surface area contributed by atoms with E-state index in [9.17, 15) is 9.59 Å². The van der Waals surface area contributed by atoms with Crippen molar-refractivity contribution in [2.45, 2.75) is 39.2 Å². The quantitative estimate of drug-likeness (QED) is 0.556. The van der Waals surface area contributed by atoms with E-state index >= 15 is 0 Å². The highest BCUT2D eigenvalue weighted by molar-refractivity contribution is 5.94. The van der Waals surface area contributed by atoms with E-state index in [1.165, 1.54) is 6.92 Å². The van der Waals surface area contributed by atoms with Crippen LogP contribution in [0, 0.1) is 5.92 Å². The summed E-state index contributed by atoms with van der Waals surface area (Å²) >= 11 is 0. The Morgan fingerprint density at radius 2 is 2.12 bits per heavy atom. The Hall–Kier alpha value is -2.08. The van der Waals surface area contributed by atoms with Crippen LogP contribution in [0.2, 0.25) is 0 Å². The number of carbonyl (C=O) groups is 2. The third-order valence-electron chi connectivity index (χ3n) is 4.55. The number of ketones is 1. The maximum atomic E-state index is 12.1. The van der Waals surface area contributed by atoms with Gasteiger partial charge in [0, 0.05) is 24.6 Å². The summed E-state index contributed by atoms with van der Waals surface area (Å²) in [5, 5.41) is 6.40. The van der Waals surface area contributed by atoms with E-state index < -0.39 is 0 Å². The van der Waals surface area contributed by atoms with Crippen LogP contribution in [0.5, 0.6) is 11.5 Å². The third kappa shape index (κ3) is 5.74. The Labute approximate surface area is 149 Å². The molecule has 1 aromatic carbocycles. The fraction of sp³-hybridized carbons (Fsp3) is 0.579. The van der Waals surface area contributed by atoms with Crippen molar-refractivity contribution in [3.8, 4) is 11.5 Å². The van der Waals surface area contributed by atoms with Crippen LogP contribution in [0.15, 0.2) is 18.2 Å². The molecular weight excluding hydrogens is 320 g/mol. The minimum Gasteiger partial charge on any atom is -0.493 e. The van der Waals surface area contributed by atoms with E-state index in [1.54, 1.807) is 25.3 Å². The maximum absolute atomic E-state index is 12.1. The lowest BCUT2D eigenvalue weighted by molar-refractivity contribution is -0.122. The van der Waals surface area contributed by atoms with Gasteiger partial charge in [0.1, 0.15) is 0 Å². The molecule has 1 amide bonds. The molecule has 1 aliphatic heterocycles. The number of benzene rings is 1. The van der Waals surface area contributed by atoms with Gasteiger partial charge in [0.2, 0.25) is 5.91 Å².